The van der Waals surface area contributed by atoms with Gasteiger partial charge in [-0.1, -0.05) is 0 Å². The maximum absolute atomic E-state index is 11.7. The summed E-state index contributed by atoms with van der Waals surface area (Å²) in [6.07, 6.45) is 0.356. The molecule has 2 unspecified atom stereocenters. The summed E-state index contributed by atoms with van der Waals surface area (Å²) in [6.45, 7) is 2.92. The summed E-state index contributed by atoms with van der Waals surface area (Å²) in [6, 6.07) is 0.0927. The van der Waals surface area contributed by atoms with Crippen molar-refractivity contribution in [3.63, 3.8) is 0 Å². The number of rotatable bonds is 3. The molecule has 4 N–H and O–H groups in total. The fourth-order valence-corrected chi connectivity index (χ4v) is 1.88. The first-order valence-electron chi connectivity index (χ1n) is 5.44. The zero-order valence-electron chi connectivity index (χ0n) is 9.81. The first kappa shape index (κ1) is 12.8. The fourth-order valence-electron chi connectivity index (χ4n) is 1.88. The second kappa shape index (κ2) is 5.16. The van der Waals surface area contributed by atoms with E-state index in [0.717, 1.165) is 6.42 Å². The van der Waals surface area contributed by atoms with E-state index in [-0.39, 0.29) is 24.3 Å². The van der Waals surface area contributed by atoms with Crippen LogP contribution >= 0.6 is 0 Å². The Labute approximate surface area is 95.5 Å². The minimum atomic E-state index is -0.611. The van der Waals surface area contributed by atoms with Crippen LogP contribution in [0.1, 0.15) is 19.8 Å². The SMILES string of the molecule is CC(O)CC(=O)N(C)C1CCN(C(=N)N)C1. The molecule has 1 amide bonds. The standard InChI is InChI=1S/C10H20N4O2/c1-7(15)5-9(16)13(2)8-3-4-14(6-8)10(11)12/h7-8,15H,3-6H2,1-2H3,(H3,11,12). The van der Waals surface area contributed by atoms with Crippen LogP contribution in [-0.4, -0.2) is 59.1 Å². The molecular formula is C10H20N4O2. The molecular weight excluding hydrogens is 208 g/mol. The normalized spacial score (nSPS) is 21.9. The molecule has 0 aromatic carbocycles. The lowest BCUT2D eigenvalue weighted by Gasteiger charge is -2.25. The lowest BCUT2D eigenvalue weighted by molar-refractivity contribution is -0.133. The monoisotopic (exact) mass is 228 g/mol. The third-order valence-corrected chi connectivity index (χ3v) is 2.92. The average Bonchev–Trinajstić information content (AvgIpc) is 2.64. The smallest absolute Gasteiger partial charge is 0.225 e. The molecule has 1 aliphatic heterocycles. The van der Waals surface area contributed by atoms with Gasteiger partial charge in [-0.05, 0) is 13.3 Å². The van der Waals surface area contributed by atoms with E-state index >= 15 is 0 Å². The first-order valence-corrected chi connectivity index (χ1v) is 5.44. The highest BCUT2D eigenvalue weighted by atomic mass is 16.3. The highest BCUT2D eigenvalue weighted by molar-refractivity contribution is 5.77. The number of carbonyl (C=O) groups is 1. The van der Waals surface area contributed by atoms with E-state index in [0.29, 0.717) is 13.1 Å². The fraction of sp³-hybridized carbons (Fsp3) is 0.800. The van der Waals surface area contributed by atoms with Crippen LogP contribution in [0, 0.1) is 5.41 Å². The molecule has 6 heteroatoms. The van der Waals surface area contributed by atoms with Gasteiger partial charge >= 0.3 is 0 Å². The van der Waals surface area contributed by atoms with Crippen LogP contribution in [0.5, 0.6) is 0 Å². The molecule has 6 nitrogen and oxygen atoms in total. The quantitative estimate of drug-likeness (QED) is 0.435. The van der Waals surface area contributed by atoms with Crippen molar-refractivity contribution in [2.75, 3.05) is 20.1 Å². The van der Waals surface area contributed by atoms with Gasteiger partial charge in [0.2, 0.25) is 5.91 Å². The molecule has 0 radical (unpaired) electrons. The number of hydrogen-bond donors (Lipinski definition) is 3. The minimum Gasteiger partial charge on any atom is -0.393 e. The maximum Gasteiger partial charge on any atom is 0.225 e. The Balaban J connectivity index is 2.47. The molecule has 1 rings (SSSR count). The van der Waals surface area contributed by atoms with Gasteiger partial charge in [0.15, 0.2) is 5.96 Å². The summed E-state index contributed by atoms with van der Waals surface area (Å²) in [5.41, 5.74) is 5.38. The molecule has 0 saturated carbocycles. The van der Waals surface area contributed by atoms with Crippen LogP contribution in [-0.2, 0) is 4.79 Å². The number of aliphatic hydroxyl groups excluding tert-OH is 1. The van der Waals surface area contributed by atoms with E-state index in [1.54, 1.807) is 23.8 Å². The number of nitrogens with zero attached hydrogens (tertiary/aromatic N) is 2. The van der Waals surface area contributed by atoms with Crippen molar-refractivity contribution in [3.05, 3.63) is 0 Å². The molecule has 1 saturated heterocycles. The van der Waals surface area contributed by atoms with Gasteiger partial charge in [-0.15, -0.1) is 0 Å². The Morgan fingerprint density at radius 1 is 1.75 bits per heavy atom. The largest absolute Gasteiger partial charge is 0.393 e. The molecule has 0 aromatic heterocycles. The summed E-state index contributed by atoms with van der Waals surface area (Å²) in [5, 5.41) is 16.4. The van der Waals surface area contributed by atoms with E-state index in [2.05, 4.69) is 0 Å². The van der Waals surface area contributed by atoms with Crippen LogP contribution in [0.4, 0.5) is 0 Å². The van der Waals surface area contributed by atoms with Crippen LogP contribution < -0.4 is 5.73 Å². The Morgan fingerprint density at radius 2 is 2.38 bits per heavy atom. The van der Waals surface area contributed by atoms with Gasteiger partial charge in [0, 0.05) is 20.1 Å². The number of carbonyl (C=O) groups excluding carboxylic acids is 1. The Kier molecular flexibility index (Phi) is 4.12. The van der Waals surface area contributed by atoms with E-state index in [1.807, 2.05) is 0 Å². The Morgan fingerprint density at radius 3 is 2.81 bits per heavy atom. The predicted octanol–water partition coefficient (Wildman–Crippen LogP) is -0.817. The highest BCUT2D eigenvalue weighted by Crippen LogP contribution is 2.14. The third-order valence-electron chi connectivity index (χ3n) is 2.92. The molecule has 1 heterocycles. The van der Waals surface area contributed by atoms with Crippen LogP contribution in [0.15, 0.2) is 0 Å². The first-order chi connectivity index (χ1) is 7.41. The number of nitrogens with one attached hydrogen (secondary N) is 1. The summed E-state index contributed by atoms with van der Waals surface area (Å²) in [7, 11) is 1.74. The van der Waals surface area contributed by atoms with Crippen molar-refractivity contribution in [1.82, 2.24) is 9.80 Å². The Bertz CT molecular complexity index is 280. The zero-order valence-corrected chi connectivity index (χ0v) is 9.81. The molecule has 1 fully saturated rings. The second-order valence-corrected chi connectivity index (χ2v) is 4.33. The molecule has 16 heavy (non-hydrogen) atoms. The van der Waals surface area contributed by atoms with E-state index in [1.165, 1.54) is 0 Å². The van der Waals surface area contributed by atoms with Crippen LogP contribution in [0.25, 0.3) is 0 Å². The zero-order chi connectivity index (χ0) is 12.3. The van der Waals surface area contributed by atoms with Gasteiger partial charge in [-0.2, -0.15) is 0 Å². The molecule has 0 spiro atoms. The van der Waals surface area contributed by atoms with E-state index in [4.69, 9.17) is 16.2 Å². The van der Waals surface area contributed by atoms with Gasteiger partial charge in [-0.3, -0.25) is 10.2 Å². The van der Waals surface area contributed by atoms with E-state index < -0.39 is 6.10 Å². The van der Waals surface area contributed by atoms with Gasteiger partial charge in [0.25, 0.3) is 0 Å². The number of likely N-dealkylation sites (N-methyl/N-ethyl adjacent to an activating group) is 1. The number of nitrogens with two attached hydrogens (primary N) is 1. The number of likely N-dealkylation sites (tertiary alicyclic amines) is 1. The molecule has 1 aliphatic rings. The van der Waals surface area contributed by atoms with Crippen LogP contribution in [0.2, 0.25) is 0 Å². The van der Waals surface area contributed by atoms with Crippen molar-refractivity contribution in [2.45, 2.75) is 31.9 Å². The second-order valence-electron chi connectivity index (χ2n) is 4.33. The third kappa shape index (κ3) is 3.10. The molecule has 0 aliphatic carbocycles. The number of hydrogen-bond acceptors (Lipinski definition) is 3. The number of amides is 1. The minimum absolute atomic E-state index is 0.0545. The van der Waals surface area contributed by atoms with Crippen molar-refractivity contribution in [1.29, 1.82) is 5.41 Å². The van der Waals surface area contributed by atoms with Gasteiger partial charge in [-0.25, -0.2) is 0 Å². The summed E-state index contributed by atoms with van der Waals surface area (Å²) < 4.78 is 0. The van der Waals surface area contributed by atoms with Crippen molar-refractivity contribution in [3.8, 4) is 0 Å². The topological polar surface area (TPSA) is 93.6 Å². The Hall–Kier alpha value is -1.30. The average molecular weight is 228 g/mol. The summed E-state index contributed by atoms with van der Waals surface area (Å²) in [4.78, 5) is 15.1. The summed E-state index contributed by atoms with van der Waals surface area (Å²) in [5.74, 6) is -0.00993. The molecule has 2 atom stereocenters. The highest BCUT2D eigenvalue weighted by Gasteiger charge is 2.29. The van der Waals surface area contributed by atoms with Gasteiger partial charge in [0.1, 0.15) is 0 Å². The number of aliphatic hydroxyl groups is 1. The maximum atomic E-state index is 11.7. The molecule has 0 aromatic rings. The summed E-state index contributed by atoms with van der Waals surface area (Å²) >= 11 is 0. The number of guanidine groups is 1. The predicted molar refractivity (Wildman–Crippen MR) is 61.0 cm³/mol. The van der Waals surface area contributed by atoms with E-state index in [9.17, 15) is 4.79 Å². The molecule has 92 valence electrons. The lowest BCUT2D eigenvalue weighted by Crippen LogP contribution is -2.42. The van der Waals surface area contributed by atoms with Crippen molar-refractivity contribution < 1.29 is 9.90 Å². The van der Waals surface area contributed by atoms with Gasteiger partial charge in [0.05, 0.1) is 18.6 Å². The van der Waals surface area contributed by atoms with Crippen LogP contribution in [0.3, 0.4) is 0 Å². The van der Waals surface area contributed by atoms with Gasteiger partial charge < -0.3 is 20.6 Å². The van der Waals surface area contributed by atoms with Crippen molar-refractivity contribution >= 4 is 11.9 Å². The molecule has 0 bridgehead atoms. The van der Waals surface area contributed by atoms with Crippen molar-refractivity contribution in [2.24, 2.45) is 5.73 Å². The lowest BCUT2D eigenvalue weighted by atomic mass is 10.2.